The highest BCUT2D eigenvalue weighted by atomic mass is 35.5. The number of aryl methyl sites for hydroxylation is 2. The lowest BCUT2D eigenvalue weighted by Crippen LogP contribution is -2.32. The molecular formula is C15H23ClN2O3S. The molecule has 0 radical (unpaired) electrons. The summed E-state index contributed by atoms with van der Waals surface area (Å²) in [6.07, 6.45) is 0. The zero-order chi connectivity index (χ0) is 15.2. The maximum Gasteiger partial charge on any atom is 0.246 e. The summed E-state index contributed by atoms with van der Waals surface area (Å²) < 4.78 is 32.9. The first-order valence-electron chi connectivity index (χ1n) is 7.29. The number of rotatable bonds is 3. The van der Waals surface area contributed by atoms with Crippen molar-refractivity contribution in [1.82, 2.24) is 9.62 Å². The number of hydrogen-bond acceptors (Lipinski definition) is 4. The molecule has 1 N–H and O–H groups in total. The van der Waals surface area contributed by atoms with Crippen LogP contribution in [-0.4, -0.2) is 46.0 Å². The van der Waals surface area contributed by atoms with E-state index in [0.717, 1.165) is 24.2 Å². The molecule has 2 atom stereocenters. The van der Waals surface area contributed by atoms with Gasteiger partial charge in [0, 0.05) is 13.1 Å². The van der Waals surface area contributed by atoms with Crippen LogP contribution in [0.1, 0.15) is 11.1 Å². The zero-order valence-electron chi connectivity index (χ0n) is 13.1. The first-order valence-corrected chi connectivity index (χ1v) is 8.73. The summed E-state index contributed by atoms with van der Waals surface area (Å²) in [4.78, 5) is 0.301. The normalized spacial score (nSPS) is 24.9. The maximum atomic E-state index is 13.0. The number of methoxy groups -OCH3 is 1. The smallest absolute Gasteiger partial charge is 0.246 e. The van der Waals surface area contributed by atoms with Crippen LogP contribution in [0.3, 0.4) is 0 Å². The van der Waals surface area contributed by atoms with Gasteiger partial charge in [0.1, 0.15) is 10.6 Å². The van der Waals surface area contributed by atoms with Gasteiger partial charge in [-0.3, -0.25) is 0 Å². The van der Waals surface area contributed by atoms with E-state index in [-0.39, 0.29) is 12.4 Å². The van der Waals surface area contributed by atoms with E-state index in [1.54, 1.807) is 10.4 Å². The minimum atomic E-state index is -3.49. The molecule has 0 unspecified atom stereocenters. The second kappa shape index (κ2) is 6.35. The summed E-state index contributed by atoms with van der Waals surface area (Å²) in [6.45, 7) is 6.84. The van der Waals surface area contributed by atoms with Crippen molar-refractivity contribution in [2.75, 3.05) is 33.3 Å². The number of hydrogen-bond donors (Lipinski definition) is 1. The topological polar surface area (TPSA) is 58.6 Å². The van der Waals surface area contributed by atoms with Crippen molar-refractivity contribution < 1.29 is 13.2 Å². The average Bonchev–Trinajstić information content (AvgIpc) is 2.98. The van der Waals surface area contributed by atoms with Crippen LogP contribution in [0.15, 0.2) is 17.0 Å². The summed E-state index contributed by atoms with van der Waals surface area (Å²) >= 11 is 0. The second-order valence-electron chi connectivity index (χ2n) is 6.11. The number of nitrogens with zero attached hydrogens (tertiary/aromatic N) is 1. The van der Waals surface area contributed by atoms with E-state index >= 15 is 0 Å². The van der Waals surface area contributed by atoms with Gasteiger partial charge in [0.2, 0.25) is 10.0 Å². The molecule has 0 bridgehead atoms. The van der Waals surface area contributed by atoms with Gasteiger partial charge < -0.3 is 10.1 Å². The number of fused-ring (bicyclic) bond motifs is 1. The van der Waals surface area contributed by atoms with E-state index in [1.165, 1.54) is 7.11 Å². The van der Waals surface area contributed by atoms with Gasteiger partial charge in [-0.1, -0.05) is 6.07 Å². The third kappa shape index (κ3) is 2.85. The quantitative estimate of drug-likeness (QED) is 0.902. The van der Waals surface area contributed by atoms with Gasteiger partial charge in [0.25, 0.3) is 0 Å². The van der Waals surface area contributed by atoms with Gasteiger partial charge in [0.05, 0.1) is 7.11 Å². The second-order valence-corrected chi connectivity index (χ2v) is 8.02. The monoisotopic (exact) mass is 346 g/mol. The van der Waals surface area contributed by atoms with Crippen LogP contribution < -0.4 is 10.1 Å². The highest BCUT2D eigenvalue weighted by molar-refractivity contribution is 7.89. The van der Waals surface area contributed by atoms with E-state index in [0.29, 0.717) is 35.6 Å². The largest absolute Gasteiger partial charge is 0.495 e. The molecule has 2 fully saturated rings. The Hall–Kier alpha value is -0.820. The molecule has 1 aromatic rings. The fourth-order valence-corrected chi connectivity index (χ4v) is 5.38. The summed E-state index contributed by atoms with van der Waals surface area (Å²) in [6, 6.07) is 3.66. The Morgan fingerprint density at radius 3 is 2.32 bits per heavy atom. The first-order chi connectivity index (χ1) is 9.93. The van der Waals surface area contributed by atoms with Gasteiger partial charge in [-0.25, -0.2) is 8.42 Å². The molecule has 0 aliphatic carbocycles. The number of nitrogens with one attached hydrogen (secondary N) is 1. The predicted octanol–water partition coefficient (Wildman–Crippen LogP) is 1.57. The fourth-order valence-electron chi connectivity index (χ4n) is 3.52. The van der Waals surface area contributed by atoms with E-state index in [2.05, 4.69) is 5.32 Å². The summed E-state index contributed by atoms with van der Waals surface area (Å²) in [7, 11) is -1.96. The molecule has 2 saturated heterocycles. The molecule has 2 heterocycles. The lowest BCUT2D eigenvalue weighted by atomic mass is 10.0. The summed E-state index contributed by atoms with van der Waals surface area (Å²) in [5.41, 5.74) is 1.80. The fraction of sp³-hybridized carbons (Fsp3) is 0.600. The lowest BCUT2D eigenvalue weighted by molar-refractivity contribution is 0.393. The summed E-state index contributed by atoms with van der Waals surface area (Å²) in [5.74, 6) is 1.35. The molecule has 3 rings (SSSR count). The van der Waals surface area contributed by atoms with Gasteiger partial charge in [0.15, 0.2) is 0 Å². The summed E-state index contributed by atoms with van der Waals surface area (Å²) in [5, 5.41) is 3.33. The number of benzene rings is 1. The molecule has 2 aliphatic heterocycles. The van der Waals surface area contributed by atoms with E-state index in [9.17, 15) is 8.42 Å². The minimum absolute atomic E-state index is 0. The highest BCUT2D eigenvalue weighted by Crippen LogP contribution is 2.35. The third-order valence-electron chi connectivity index (χ3n) is 4.56. The number of halogens is 1. The SMILES string of the molecule is COc1c(C)cc(C)cc1S(=O)(=O)N1C[C@H]2CNC[C@H]2C1.Cl. The van der Waals surface area contributed by atoms with Crippen molar-refractivity contribution in [2.45, 2.75) is 18.7 Å². The van der Waals surface area contributed by atoms with Crippen molar-refractivity contribution >= 4 is 22.4 Å². The molecular weight excluding hydrogens is 324 g/mol. The van der Waals surface area contributed by atoms with Crippen molar-refractivity contribution in [1.29, 1.82) is 0 Å². The molecule has 0 saturated carbocycles. The molecule has 22 heavy (non-hydrogen) atoms. The Kier molecular flexibility index (Phi) is 5.06. The lowest BCUT2D eigenvalue weighted by Gasteiger charge is -2.20. The molecule has 1 aromatic carbocycles. The third-order valence-corrected chi connectivity index (χ3v) is 6.40. The highest BCUT2D eigenvalue weighted by Gasteiger charge is 2.42. The van der Waals surface area contributed by atoms with Crippen molar-refractivity contribution in [3.05, 3.63) is 23.3 Å². The molecule has 2 aliphatic rings. The zero-order valence-corrected chi connectivity index (χ0v) is 14.8. The molecule has 0 amide bonds. The van der Waals surface area contributed by atoms with E-state index in [4.69, 9.17) is 4.74 Å². The molecule has 5 nitrogen and oxygen atoms in total. The molecule has 7 heteroatoms. The number of ether oxygens (including phenoxy) is 1. The minimum Gasteiger partial charge on any atom is -0.495 e. The predicted molar refractivity (Wildman–Crippen MR) is 88.3 cm³/mol. The standard InChI is InChI=1S/C15H22N2O3S.ClH/c1-10-4-11(2)15(20-3)14(5-10)21(18,19)17-8-12-6-16-7-13(12)9-17;/h4-5,12-13,16H,6-9H2,1-3H3;1H/t12-,13+;. The maximum absolute atomic E-state index is 13.0. The van der Waals surface area contributed by atoms with Crippen LogP contribution in [0.5, 0.6) is 5.75 Å². The van der Waals surface area contributed by atoms with Crippen molar-refractivity contribution in [3.63, 3.8) is 0 Å². The van der Waals surface area contributed by atoms with Gasteiger partial charge >= 0.3 is 0 Å². The van der Waals surface area contributed by atoms with Crippen LogP contribution >= 0.6 is 12.4 Å². The van der Waals surface area contributed by atoms with E-state index < -0.39 is 10.0 Å². The van der Waals surface area contributed by atoms with Gasteiger partial charge in [-0.05, 0) is 56.0 Å². The average molecular weight is 347 g/mol. The van der Waals surface area contributed by atoms with Crippen LogP contribution in [0.4, 0.5) is 0 Å². The van der Waals surface area contributed by atoms with Crippen molar-refractivity contribution in [3.8, 4) is 5.75 Å². The Balaban J connectivity index is 0.00000176. The number of sulfonamides is 1. The van der Waals surface area contributed by atoms with E-state index in [1.807, 2.05) is 19.9 Å². The molecule has 124 valence electrons. The van der Waals surface area contributed by atoms with Crippen LogP contribution in [0.2, 0.25) is 0 Å². The van der Waals surface area contributed by atoms with Crippen LogP contribution in [0.25, 0.3) is 0 Å². The Morgan fingerprint density at radius 2 is 1.77 bits per heavy atom. The Bertz CT molecular complexity index is 651. The van der Waals surface area contributed by atoms with Crippen molar-refractivity contribution in [2.24, 2.45) is 11.8 Å². The molecule has 0 aromatic heterocycles. The van der Waals surface area contributed by atoms with Crippen LogP contribution in [-0.2, 0) is 10.0 Å². The van der Waals surface area contributed by atoms with Gasteiger partial charge in [-0.2, -0.15) is 4.31 Å². The first kappa shape index (κ1) is 17.5. The van der Waals surface area contributed by atoms with Gasteiger partial charge in [-0.15, -0.1) is 12.4 Å². The Labute approximate surface area is 138 Å². The van der Waals surface area contributed by atoms with Crippen LogP contribution in [0, 0.1) is 25.7 Å². The molecule has 0 spiro atoms. The Morgan fingerprint density at radius 1 is 1.18 bits per heavy atom.